The number of rotatable bonds is 6. The van der Waals surface area contributed by atoms with Gasteiger partial charge in [0.05, 0.1) is 11.7 Å². The second-order valence-corrected chi connectivity index (χ2v) is 9.57. The molecule has 1 aliphatic rings. The predicted octanol–water partition coefficient (Wildman–Crippen LogP) is 4.75. The van der Waals surface area contributed by atoms with Gasteiger partial charge in [-0.2, -0.15) is 5.10 Å². The molecule has 0 saturated heterocycles. The summed E-state index contributed by atoms with van der Waals surface area (Å²) in [5, 5.41) is 4.56. The Morgan fingerprint density at radius 2 is 1.82 bits per heavy atom. The first-order chi connectivity index (χ1) is 16.2. The van der Waals surface area contributed by atoms with Gasteiger partial charge in [-0.3, -0.25) is 9.40 Å². The number of aromatic nitrogens is 3. The number of benzene rings is 2. The van der Waals surface area contributed by atoms with Crippen molar-refractivity contribution >= 4 is 21.5 Å². The summed E-state index contributed by atoms with van der Waals surface area (Å²) in [5.74, 6) is -2.73. The van der Waals surface area contributed by atoms with E-state index in [9.17, 15) is 17.2 Å². The molecule has 34 heavy (non-hydrogen) atoms. The number of hydrogen-bond donors (Lipinski definition) is 2. The van der Waals surface area contributed by atoms with Crippen LogP contribution in [0.15, 0.2) is 65.8 Å². The van der Waals surface area contributed by atoms with Gasteiger partial charge in [-0.1, -0.05) is 6.07 Å². The monoisotopic (exact) mass is 485 g/mol. The molecule has 0 radical (unpaired) electrons. The molecule has 3 N–H and O–H groups in total. The highest BCUT2D eigenvalue weighted by molar-refractivity contribution is 7.92. The van der Waals surface area contributed by atoms with Crippen molar-refractivity contribution in [1.82, 2.24) is 14.8 Å². The minimum absolute atomic E-state index is 0.0321. The van der Waals surface area contributed by atoms with Crippen molar-refractivity contribution in [3.05, 3.63) is 78.4 Å². The topological polar surface area (TPSA) is 103 Å². The zero-order chi connectivity index (χ0) is 24.0. The lowest BCUT2D eigenvalue weighted by molar-refractivity contribution is 0.555. The van der Waals surface area contributed by atoms with Gasteiger partial charge in [0.1, 0.15) is 28.0 Å². The van der Waals surface area contributed by atoms with E-state index < -0.39 is 38.1 Å². The molecule has 0 bridgehead atoms. The average molecular weight is 485 g/mol. The summed E-state index contributed by atoms with van der Waals surface area (Å²) in [6.07, 6.45) is 5.21. The zero-order valence-corrected chi connectivity index (χ0v) is 18.4. The van der Waals surface area contributed by atoms with Crippen molar-refractivity contribution in [3.63, 3.8) is 0 Å². The summed E-state index contributed by atoms with van der Waals surface area (Å²) < 4.78 is 72.3. The molecule has 11 heteroatoms. The number of nitrogens with one attached hydrogen (secondary N) is 1. The maximum absolute atomic E-state index is 15.6. The van der Waals surface area contributed by atoms with Gasteiger partial charge in [0.25, 0.3) is 10.0 Å². The van der Waals surface area contributed by atoms with Gasteiger partial charge in [-0.05, 0) is 60.9 Å². The van der Waals surface area contributed by atoms with Gasteiger partial charge in [0, 0.05) is 23.5 Å². The smallest absolute Gasteiger partial charge is 0.265 e. The Bertz CT molecular complexity index is 1520. The predicted molar refractivity (Wildman–Crippen MR) is 121 cm³/mol. The van der Waals surface area contributed by atoms with E-state index in [0.717, 1.165) is 18.9 Å². The van der Waals surface area contributed by atoms with Crippen LogP contribution in [0.1, 0.15) is 18.9 Å². The van der Waals surface area contributed by atoms with Crippen molar-refractivity contribution in [3.8, 4) is 22.4 Å². The van der Waals surface area contributed by atoms with Crippen molar-refractivity contribution in [2.24, 2.45) is 0 Å². The summed E-state index contributed by atoms with van der Waals surface area (Å²) in [4.78, 5) is 3.05. The molecular weight excluding hydrogens is 467 g/mol. The third kappa shape index (κ3) is 4.10. The molecule has 7 nitrogen and oxygen atoms in total. The summed E-state index contributed by atoms with van der Waals surface area (Å²) in [5.41, 5.74) is 6.97. The van der Waals surface area contributed by atoms with E-state index in [2.05, 4.69) is 10.1 Å². The molecule has 174 valence electrons. The Labute approximate surface area is 193 Å². The van der Waals surface area contributed by atoms with E-state index in [1.165, 1.54) is 24.4 Å². The third-order valence-electron chi connectivity index (χ3n) is 5.43. The first-order valence-corrected chi connectivity index (χ1v) is 11.8. The van der Waals surface area contributed by atoms with E-state index in [-0.39, 0.29) is 23.1 Å². The fourth-order valence-corrected chi connectivity index (χ4v) is 4.77. The normalized spacial score (nSPS) is 13.7. The molecular formula is C23H18F3N5O2S. The highest BCUT2D eigenvalue weighted by atomic mass is 32.2. The Hall–Kier alpha value is -3.86. The highest BCUT2D eigenvalue weighted by Crippen LogP contribution is 2.40. The highest BCUT2D eigenvalue weighted by Gasteiger charge is 2.28. The number of halogens is 3. The quantitative estimate of drug-likeness (QED) is 0.410. The molecule has 0 unspecified atom stereocenters. The maximum Gasteiger partial charge on any atom is 0.265 e. The first-order valence-electron chi connectivity index (χ1n) is 10.3. The van der Waals surface area contributed by atoms with E-state index in [4.69, 9.17) is 5.73 Å². The number of hydrogen-bond acceptors (Lipinski definition) is 5. The molecule has 1 saturated carbocycles. The molecule has 0 spiro atoms. The van der Waals surface area contributed by atoms with E-state index in [1.807, 2.05) is 4.72 Å². The van der Waals surface area contributed by atoms with Crippen LogP contribution >= 0.6 is 0 Å². The van der Waals surface area contributed by atoms with Gasteiger partial charge in [-0.15, -0.1) is 0 Å². The van der Waals surface area contributed by atoms with Crippen LogP contribution in [-0.2, 0) is 10.0 Å². The first kappa shape index (κ1) is 22.0. The molecule has 0 aliphatic heterocycles. The molecule has 0 amide bonds. The van der Waals surface area contributed by atoms with Crippen molar-refractivity contribution < 1.29 is 21.6 Å². The standard InChI is InChI=1S/C23H18F3N5O2S/c24-14-4-7-18(25)20(11-14)34(32,33)30-19-3-1-2-16(22(19)26)23-17(12-31(29-23)15-5-6-15)13-8-9-28-21(27)10-13/h1-4,7-12,15,30H,5-6H2,(H2,27,28). The lowest BCUT2D eigenvalue weighted by Gasteiger charge is -2.12. The van der Waals surface area contributed by atoms with Gasteiger partial charge >= 0.3 is 0 Å². The van der Waals surface area contributed by atoms with Crippen LogP contribution in [0.3, 0.4) is 0 Å². The van der Waals surface area contributed by atoms with E-state index in [0.29, 0.717) is 23.3 Å². The summed E-state index contributed by atoms with van der Waals surface area (Å²) >= 11 is 0. The van der Waals surface area contributed by atoms with Crippen LogP contribution in [0.25, 0.3) is 22.4 Å². The third-order valence-corrected chi connectivity index (χ3v) is 6.81. The van der Waals surface area contributed by atoms with Crippen molar-refractivity contribution in [2.75, 3.05) is 10.5 Å². The number of sulfonamides is 1. The second-order valence-electron chi connectivity index (χ2n) is 7.92. The van der Waals surface area contributed by atoms with Gasteiger partial charge in [0.2, 0.25) is 0 Å². The van der Waals surface area contributed by atoms with Crippen LogP contribution in [0.4, 0.5) is 24.7 Å². The fraction of sp³-hybridized carbons (Fsp3) is 0.130. The van der Waals surface area contributed by atoms with Crippen LogP contribution < -0.4 is 10.5 Å². The van der Waals surface area contributed by atoms with Crippen LogP contribution in [0, 0.1) is 17.5 Å². The average Bonchev–Trinajstić information content (AvgIpc) is 3.55. The fourth-order valence-electron chi connectivity index (χ4n) is 3.62. The minimum Gasteiger partial charge on any atom is -0.384 e. The maximum atomic E-state index is 15.6. The molecule has 1 fully saturated rings. The molecule has 0 atom stereocenters. The number of anilines is 2. The molecule has 2 aromatic carbocycles. The SMILES string of the molecule is Nc1cc(-c2cn(C3CC3)nc2-c2cccc(NS(=O)(=O)c3cc(F)ccc3F)c2F)ccn1. The molecule has 5 rings (SSSR count). The number of nitrogens with zero attached hydrogens (tertiary/aromatic N) is 3. The molecule has 2 aromatic heterocycles. The number of pyridine rings is 1. The lowest BCUT2D eigenvalue weighted by atomic mass is 10.0. The number of nitrogens with two attached hydrogens (primary N) is 1. The largest absolute Gasteiger partial charge is 0.384 e. The zero-order valence-electron chi connectivity index (χ0n) is 17.5. The Morgan fingerprint density at radius 1 is 1.03 bits per heavy atom. The van der Waals surface area contributed by atoms with Gasteiger partial charge in [-0.25, -0.2) is 26.6 Å². The van der Waals surface area contributed by atoms with E-state index in [1.54, 1.807) is 23.0 Å². The summed E-state index contributed by atoms with van der Waals surface area (Å²) in [7, 11) is -4.61. The van der Waals surface area contributed by atoms with Crippen LogP contribution in [-0.4, -0.2) is 23.2 Å². The Kier molecular flexibility index (Phi) is 5.28. The minimum atomic E-state index is -4.61. The van der Waals surface area contributed by atoms with Crippen LogP contribution in [0.5, 0.6) is 0 Å². The molecule has 2 heterocycles. The number of nitrogen functional groups attached to an aromatic ring is 1. The Morgan fingerprint density at radius 3 is 2.56 bits per heavy atom. The van der Waals surface area contributed by atoms with E-state index >= 15 is 4.39 Å². The molecule has 1 aliphatic carbocycles. The van der Waals surface area contributed by atoms with Crippen molar-refractivity contribution in [2.45, 2.75) is 23.8 Å². The summed E-state index contributed by atoms with van der Waals surface area (Å²) in [6.45, 7) is 0. The Balaban J connectivity index is 1.59. The lowest BCUT2D eigenvalue weighted by Crippen LogP contribution is -2.16. The summed E-state index contributed by atoms with van der Waals surface area (Å²) in [6, 6.07) is 9.65. The second kappa shape index (κ2) is 8.17. The molecule has 4 aromatic rings. The van der Waals surface area contributed by atoms with Gasteiger partial charge in [0.15, 0.2) is 5.82 Å². The van der Waals surface area contributed by atoms with Crippen LogP contribution in [0.2, 0.25) is 0 Å². The van der Waals surface area contributed by atoms with Crippen molar-refractivity contribution in [1.29, 1.82) is 0 Å². The van der Waals surface area contributed by atoms with Gasteiger partial charge < -0.3 is 5.73 Å².